The molecule has 2 nitrogen and oxygen atoms in total. The van der Waals surface area contributed by atoms with Gasteiger partial charge in [0.05, 0.1) is 4.47 Å². The minimum absolute atomic E-state index is 0.0926. The van der Waals surface area contributed by atoms with E-state index in [4.69, 9.17) is 17.3 Å². The molecule has 0 radical (unpaired) electrons. The van der Waals surface area contributed by atoms with Gasteiger partial charge in [-0.2, -0.15) is 0 Å². The number of halogens is 2. The predicted molar refractivity (Wildman–Crippen MR) is 60.5 cm³/mol. The average molecular weight is 277 g/mol. The summed E-state index contributed by atoms with van der Waals surface area (Å²) in [6.07, 6.45) is 2.29. The van der Waals surface area contributed by atoms with Crippen molar-refractivity contribution in [2.45, 2.75) is 18.9 Å². The molecule has 1 aliphatic carbocycles. The first-order valence-corrected chi connectivity index (χ1v) is 5.70. The van der Waals surface area contributed by atoms with E-state index in [1.807, 2.05) is 0 Å². The molecule has 0 heterocycles. The first-order valence-electron chi connectivity index (χ1n) is 4.53. The maximum Gasteiger partial charge on any atom is 0.134 e. The second-order valence-electron chi connectivity index (χ2n) is 3.69. The van der Waals surface area contributed by atoms with Gasteiger partial charge in [0.1, 0.15) is 5.75 Å². The SMILES string of the molecule is N[C@H](c1cc(Cl)cc(Br)c1O)C1CC1. The molecule has 0 aliphatic heterocycles. The molecule has 0 unspecified atom stereocenters. The molecule has 0 saturated heterocycles. The quantitative estimate of drug-likeness (QED) is 0.871. The highest BCUT2D eigenvalue weighted by atomic mass is 79.9. The fraction of sp³-hybridized carbons (Fsp3) is 0.400. The Kier molecular flexibility index (Phi) is 2.73. The van der Waals surface area contributed by atoms with E-state index >= 15 is 0 Å². The molecule has 1 atom stereocenters. The Morgan fingerprint density at radius 2 is 2.14 bits per heavy atom. The molecule has 1 aliphatic rings. The van der Waals surface area contributed by atoms with Crippen LogP contribution in [0.25, 0.3) is 0 Å². The molecule has 0 aromatic heterocycles. The highest BCUT2D eigenvalue weighted by molar-refractivity contribution is 9.10. The Labute approximate surface area is 96.2 Å². The van der Waals surface area contributed by atoms with Crippen LogP contribution in [0.4, 0.5) is 0 Å². The van der Waals surface area contributed by atoms with Crippen LogP contribution < -0.4 is 5.73 Å². The third-order valence-electron chi connectivity index (χ3n) is 2.55. The van der Waals surface area contributed by atoms with Crippen molar-refractivity contribution in [3.8, 4) is 5.75 Å². The van der Waals surface area contributed by atoms with Crippen molar-refractivity contribution >= 4 is 27.5 Å². The van der Waals surface area contributed by atoms with Crippen molar-refractivity contribution in [3.05, 3.63) is 27.2 Å². The van der Waals surface area contributed by atoms with Gasteiger partial charge in [0.15, 0.2) is 0 Å². The highest BCUT2D eigenvalue weighted by Crippen LogP contribution is 2.44. The number of nitrogens with two attached hydrogens (primary N) is 1. The molecule has 0 bridgehead atoms. The smallest absolute Gasteiger partial charge is 0.134 e. The van der Waals surface area contributed by atoms with E-state index in [9.17, 15) is 5.11 Å². The zero-order valence-corrected chi connectivity index (χ0v) is 9.85. The van der Waals surface area contributed by atoms with Crippen LogP contribution in [0, 0.1) is 5.92 Å². The van der Waals surface area contributed by atoms with Crippen LogP contribution in [0.3, 0.4) is 0 Å². The molecule has 14 heavy (non-hydrogen) atoms. The van der Waals surface area contributed by atoms with Gasteiger partial charge in [0.25, 0.3) is 0 Å². The molecule has 0 amide bonds. The summed E-state index contributed by atoms with van der Waals surface area (Å²) < 4.78 is 0.608. The summed E-state index contributed by atoms with van der Waals surface area (Å²) in [6, 6.07) is 3.31. The van der Waals surface area contributed by atoms with Gasteiger partial charge in [-0.05, 0) is 46.8 Å². The monoisotopic (exact) mass is 275 g/mol. The summed E-state index contributed by atoms with van der Waals surface area (Å²) >= 11 is 9.14. The average Bonchev–Trinajstić information content (AvgIpc) is 2.93. The molecular formula is C10H11BrClNO. The Balaban J connectivity index is 2.39. The van der Waals surface area contributed by atoms with Gasteiger partial charge in [0.2, 0.25) is 0 Å². The van der Waals surface area contributed by atoms with Crippen molar-refractivity contribution in [3.63, 3.8) is 0 Å². The van der Waals surface area contributed by atoms with E-state index in [-0.39, 0.29) is 11.8 Å². The van der Waals surface area contributed by atoms with Crippen LogP contribution in [0.15, 0.2) is 16.6 Å². The molecule has 1 fully saturated rings. The minimum Gasteiger partial charge on any atom is -0.506 e. The van der Waals surface area contributed by atoms with Crippen molar-refractivity contribution in [1.82, 2.24) is 0 Å². The standard InChI is InChI=1S/C10H11BrClNO/c11-8-4-6(12)3-7(10(8)14)9(13)5-1-2-5/h3-5,9,14H,1-2,13H2/t9-/m0/s1. The van der Waals surface area contributed by atoms with Gasteiger partial charge >= 0.3 is 0 Å². The first-order chi connectivity index (χ1) is 6.59. The maximum absolute atomic E-state index is 9.78. The van der Waals surface area contributed by atoms with Gasteiger partial charge in [0, 0.05) is 16.6 Å². The van der Waals surface area contributed by atoms with Crippen LogP contribution in [-0.4, -0.2) is 5.11 Å². The molecule has 1 saturated carbocycles. The molecule has 76 valence electrons. The van der Waals surface area contributed by atoms with E-state index in [0.29, 0.717) is 15.4 Å². The summed E-state index contributed by atoms with van der Waals surface area (Å²) in [5.74, 6) is 0.722. The van der Waals surface area contributed by atoms with Gasteiger partial charge in [-0.25, -0.2) is 0 Å². The summed E-state index contributed by atoms with van der Waals surface area (Å²) in [7, 11) is 0. The van der Waals surface area contributed by atoms with Crippen LogP contribution in [0.1, 0.15) is 24.4 Å². The van der Waals surface area contributed by atoms with Crippen molar-refractivity contribution in [2.24, 2.45) is 11.7 Å². The van der Waals surface area contributed by atoms with Gasteiger partial charge in [-0.1, -0.05) is 11.6 Å². The fourth-order valence-corrected chi connectivity index (χ4v) is 2.38. The normalized spacial score (nSPS) is 18.2. The van der Waals surface area contributed by atoms with Crippen LogP contribution in [0.2, 0.25) is 5.02 Å². The maximum atomic E-state index is 9.78. The Hall–Kier alpha value is -0.250. The molecule has 1 aromatic rings. The Bertz CT molecular complexity index is 365. The van der Waals surface area contributed by atoms with E-state index in [2.05, 4.69) is 15.9 Å². The van der Waals surface area contributed by atoms with E-state index in [0.717, 1.165) is 18.4 Å². The summed E-state index contributed by atoms with van der Waals surface area (Å²) in [6.45, 7) is 0. The molecule has 0 spiro atoms. The van der Waals surface area contributed by atoms with Gasteiger partial charge in [-0.15, -0.1) is 0 Å². The second-order valence-corrected chi connectivity index (χ2v) is 4.98. The summed E-state index contributed by atoms with van der Waals surface area (Å²) in [5, 5.41) is 10.4. The predicted octanol–water partition coefficient (Wildman–Crippen LogP) is 3.22. The molecule has 2 rings (SSSR count). The van der Waals surface area contributed by atoms with E-state index in [1.165, 1.54) is 0 Å². The molecule has 1 aromatic carbocycles. The zero-order chi connectivity index (χ0) is 10.3. The topological polar surface area (TPSA) is 46.2 Å². The van der Waals surface area contributed by atoms with E-state index in [1.54, 1.807) is 12.1 Å². The lowest BCUT2D eigenvalue weighted by atomic mass is 10.0. The number of phenols is 1. The summed E-state index contributed by atoms with van der Waals surface area (Å²) in [5.41, 5.74) is 6.74. The first kappa shape index (κ1) is 10.3. The summed E-state index contributed by atoms with van der Waals surface area (Å²) in [4.78, 5) is 0. The highest BCUT2D eigenvalue weighted by Gasteiger charge is 2.31. The van der Waals surface area contributed by atoms with Gasteiger partial charge < -0.3 is 10.8 Å². The van der Waals surface area contributed by atoms with Gasteiger partial charge in [-0.3, -0.25) is 0 Å². The third-order valence-corrected chi connectivity index (χ3v) is 3.37. The van der Waals surface area contributed by atoms with Crippen LogP contribution >= 0.6 is 27.5 Å². The lowest BCUT2D eigenvalue weighted by molar-refractivity contribution is 0.453. The number of hydrogen-bond donors (Lipinski definition) is 2. The minimum atomic E-state index is -0.0926. The lowest BCUT2D eigenvalue weighted by Crippen LogP contribution is -2.12. The fourth-order valence-electron chi connectivity index (χ4n) is 1.55. The number of benzene rings is 1. The molecule has 4 heteroatoms. The Morgan fingerprint density at radius 3 is 2.71 bits per heavy atom. The van der Waals surface area contributed by atoms with Crippen molar-refractivity contribution in [1.29, 1.82) is 0 Å². The third kappa shape index (κ3) is 1.90. The lowest BCUT2D eigenvalue weighted by Gasteiger charge is -2.14. The van der Waals surface area contributed by atoms with E-state index < -0.39 is 0 Å². The number of aromatic hydroxyl groups is 1. The van der Waals surface area contributed by atoms with Crippen molar-refractivity contribution in [2.75, 3.05) is 0 Å². The molecular weight excluding hydrogens is 265 g/mol. The van der Waals surface area contributed by atoms with Crippen LogP contribution in [0.5, 0.6) is 5.75 Å². The zero-order valence-electron chi connectivity index (χ0n) is 7.50. The van der Waals surface area contributed by atoms with Crippen molar-refractivity contribution < 1.29 is 5.11 Å². The number of rotatable bonds is 2. The largest absolute Gasteiger partial charge is 0.506 e. The number of phenolic OH excluding ortho intramolecular Hbond substituents is 1. The molecule has 3 N–H and O–H groups in total. The van der Waals surface area contributed by atoms with Crippen LogP contribution in [-0.2, 0) is 0 Å². The number of hydrogen-bond acceptors (Lipinski definition) is 2. The Morgan fingerprint density at radius 1 is 1.50 bits per heavy atom. The second kappa shape index (κ2) is 3.72.